The summed E-state index contributed by atoms with van der Waals surface area (Å²) >= 11 is 0. The zero-order chi connectivity index (χ0) is 21.1. The quantitative estimate of drug-likeness (QED) is 0.715. The van der Waals surface area contributed by atoms with Gasteiger partial charge in [-0.2, -0.15) is 0 Å². The fourth-order valence-corrected chi connectivity index (χ4v) is 3.69. The Balaban J connectivity index is 1.47. The topological polar surface area (TPSA) is 52.7 Å². The summed E-state index contributed by atoms with van der Waals surface area (Å²) in [5.41, 5.74) is 5.26. The highest BCUT2D eigenvalue weighted by Gasteiger charge is 2.22. The third kappa shape index (κ3) is 4.20. The number of rotatable bonds is 4. The summed E-state index contributed by atoms with van der Waals surface area (Å²) < 4.78 is 0. The van der Waals surface area contributed by atoms with Crippen molar-refractivity contribution in [1.29, 1.82) is 0 Å². The molecule has 0 bridgehead atoms. The van der Waals surface area contributed by atoms with Gasteiger partial charge in [0.05, 0.1) is 0 Å². The number of carbonyl (C=O) groups excluding carboxylic acids is 2. The lowest BCUT2D eigenvalue weighted by Gasteiger charge is -2.29. The Morgan fingerprint density at radius 2 is 1.57 bits per heavy atom. The average Bonchev–Trinajstić information content (AvgIpc) is 2.78. The van der Waals surface area contributed by atoms with Gasteiger partial charge in [-0.3, -0.25) is 9.59 Å². The molecule has 1 N–H and O–H groups in total. The third-order valence-corrected chi connectivity index (χ3v) is 5.43. The highest BCUT2D eigenvalue weighted by atomic mass is 16.2. The van der Waals surface area contributed by atoms with Crippen molar-refractivity contribution in [1.82, 2.24) is 4.90 Å². The zero-order valence-electron chi connectivity index (χ0n) is 17.3. The largest absolute Gasteiger partial charge is 0.378 e. The molecule has 2 amide bonds. The van der Waals surface area contributed by atoms with Crippen molar-refractivity contribution in [2.75, 3.05) is 30.9 Å². The monoisotopic (exact) mass is 399 g/mol. The average molecular weight is 399 g/mol. The Hall–Kier alpha value is -3.60. The molecule has 0 aromatic heterocycles. The van der Waals surface area contributed by atoms with Gasteiger partial charge in [-0.1, -0.05) is 30.3 Å². The third-order valence-electron chi connectivity index (χ3n) is 5.43. The molecule has 0 spiro atoms. The van der Waals surface area contributed by atoms with Crippen LogP contribution in [-0.2, 0) is 13.0 Å². The molecule has 1 aliphatic heterocycles. The van der Waals surface area contributed by atoms with E-state index in [-0.39, 0.29) is 11.8 Å². The van der Waals surface area contributed by atoms with Gasteiger partial charge >= 0.3 is 0 Å². The Bertz CT molecular complexity index is 1070. The van der Waals surface area contributed by atoms with Gasteiger partial charge in [0.15, 0.2) is 0 Å². The highest BCUT2D eigenvalue weighted by molar-refractivity contribution is 6.06. The molecule has 30 heavy (non-hydrogen) atoms. The van der Waals surface area contributed by atoms with Crippen LogP contribution in [0.4, 0.5) is 11.4 Å². The minimum absolute atomic E-state index is 0.0468. The van der Waals surface area contributed by atoms with E-state index in [1.54, 1.807) is 24.3 Å². The number of carbonyl (C=O) groups is 2. The van der Waals surface area contributed by atoms with Crippen LogP contribution in [0.3, 0.4) is 0 Å². The van der Waals surface area contributed by atoms with Crippen LogP contribution in [0, 0.1) is 0 Å². The normalized spacial score (nSPS) is 12.8. The second kappa shape index (κ2) is 8.41. The van der Waals surface area contributed by atoms with Crippen LogP contribution in [0.1, 0.15) is 31.8 Å². The summed E-state index contributed by atoms with van der Waals surface area (Å²) in [5, 5.41) is 2.90. The summed E-state index contributed by atoms with van der Waals surface area (Å²) in [5.74, 6) is -0.277. The molecule has 0 fully saturated rings. The number of nitrogens with one attached hydrogen (secondary N) is 1. The Kier molecular flexibility index (Phi) is 5.53. The van der Waals surface area contributed by atoms with Crippen LogP contribution in [0.25, 0.3) is 0 Å². The van der Waals surface area contributed by atoms with Crippen molar-refractivity contribution in [3.63, 3.8) is 0 Å². The molecule has 0 aliphatic carbocycles. The van der Waals surface area contributed by atoms with Crippen molar-refractivity contribution in [2.24, 2.45) is 0 Å². The lowest BCUT2D eigenvalue weighted by molar-refractivity contribution is 0.0734. The van der Waals surface area contributed by atoms with Crippen molar-refractivity contribution in [2.45, 2.75) is 13.0 Å². The first-order valence-corrected chi connectivity index (χ1v) is 10.1. The molecule has 5 nitrogen and oxygen atoms in total. The van der Waals surface area contributed by atoms with Crippen LogP contribution in [-0.4, -0.2) is 37.4 Å². The molecule has 152 valence electrons. The molecular weight excluding hydrogens is 374 g/mol. The van der Waals surface area contributed by atoms with E-state index in [0.717, 1.165) is 17.8 Å². The van der Waals surface area contributed by atoms with Crippen LogP contribution in [0.5, 0.6) is 0 Å². The summed E-state index contributed by atoms with van der Waals surface area (Å²) in [6, 6.07) is 22.8. The lowest BCUT2D eigenvalue weighted by Crippen LogP contribution is -2.36. The van der Waals surface area contributed by atoms with Gasteiger partial charge in [0, 0.05) is 49.7 Å². The molecular formula is C25H25N3O2. The standard InChI is InChI=1S/C25H25N3O2/c1-27(2)23-12-10-22(11-13-23)26-24(29)19-8-5-9-20(16-19)25(30)28-15-14-18-6-3-4-7-21(18)17-28/h3-13,16H,14-15,17H2,1-2H3,(H,26,29). The number of benzene rings is 3. The summed E-state index contributed by atoms with van der Waals surface area (Å²) in [6.45, 7) is 1.29. The zero-order valence-corrected chi connectivity index (χ0v) is 17.3. The van der Waals surface area contributed by atoms with E-state index < -0.39 is 0 Å². The first kappa shape index (κ1) is 19.7. The molecule has 3 aromatic rings. The number of nitrogens with zero attached hydrogens (tertiary/aromatic N) is 2. The number of anilines is 2. The second-order valence-electron chi connectivity index (χ2n) is 7.72. The number of fused-ring (bicyclic) bond motifs is 1. The molecule has 1 heterocycles. The van der Waals surface area contributed by atoms with E-state index in [1.165, 1.54) is 11.1 Å². The van der Waals surface area contributed by atoms with Gasteiger partial charge in [0.1, 0.15) is 0 Å². The Morgan fingerprint density at radius 1 is 0.867 bits per heavy atom. The molecule has 0 saturated heterocycles. The van der Waals surface area contributed by atoms with Gasteiger partial charge in [-0.15, -0.1) is 0 Å². The predicted molar refractivity (Wildman–Crippen MR) is 120 cm³/mol. The summed E-state index contributed by atoms with van der Waals surface area (Å²) in [4.78, 5) is 29.6. The first-order chi connectivity index (χ1) is 14.5. The molecule has 0 saturated carbocycles. The van der Waals surface area contributed by atoms with Crippen LogP contribution >= 0.6 is 0 Å². The summed E-state index contributed by atoms with van der Waals surface area (Å²) in [7, 11) is 3.94. The first-order valence-electron chi connectivity index (χ1n) is 10.1. The molecule has 4 rings (SSSR count). The van der Waals surface area contributed by atoms with Crippen LogP contribution in [0.15, 0.2) is 72.8 Å². The van der Waals surface area contributed by atoms with Crippen molar-refractivity contribution < 1.29 is 9.59 Å². The van der Waals surface area contributed by atoms with Crippen LogP contribution < -0.4 is 10.2 Å². The van der Waals surface area contributed by atoms with E-state index >= 15 is 0 Å². The Morgan fingerprint density at radius 3 is 2.30 bits per heavy atom. The van der Waals surface area contributed by atoms with Gasteiger partial charge in [-0.05, 0) is 60.0 Å². The number of amides is 2. The smallest absolute Gasteiger partial charge is 0.255 e. The molecule has 0 unspecified atom stereocenters. The SMILES string of the molecule is CN(C)c1ccc(NC(=O)c2cccc(C(=O)N3CCc4ccccc4C3)c2)cc1. The van der Waals surface area contributed by atoms with Gasteiger partial charge in [-0.25, -0.2) is 0 Å². The van der Waals surface area contributed by atoms with Gasteiger partial charge in [0.2, 0.25) is 0 Å². The van der Waals surface area contributed by atoms with Crippen LogP contribution in [0.2, 0.25) is 0 Å². The molecule has 0 radical (unpaired) electrons. The maximum absolute atomic E-state index is 13.0. The van der Waals surface area contributed by atoms with Gasteiger partial charge in [0.25, 0.3) is 11.8 Å². The van der Waals surface area contributed by atoms with E-state index in [2.05, 4.69) is 17.4 Å². The van der Waals surface area contributed by atoms with E-state index in [0.29, 0.717) is 24.2 Å². The number of hydrogen-bond acceptors (Lipinski definition) is 3. The predicted octanol–water partition coefficient (Wildman–Crippen LogP) is 4.20. The fourth-order valence-electron chi connectivity index (χ4n) is 3.69. The fraction of sp³-hybridized carbons (Fsp3) is 0.200. The molecule has 1 aliphatic rings. The maximum Gasteiger partial charge on any atom is 0.255 e. The van der Waals surface area contributed by atoms with Crippen molar-refractivity contribution in [3.05, 3.63) is 95.1 Å². The molecule has 3 aromatic carbocycles. The highest BCUT2D eigenvalue weighted by Crippen LogP contribution is 2.21. The Labute approximate surface area is 176 Å². The minimum Gasteiger partial charge on any atom is -0.378 e. The van der Waals surface area contributed by atoms with E-state index in [4.69, 9.17) is 0 Å². The number of hydrogen-bond donors (Lipinski definition) is 1. The maximum atomic E-state index is 13.0. The lowest BCUT2D eigenvalue weighted by atomic mass is 9.99. The van der Waals surface area contributed by atoms with E-state index in [1.807, 2.05) is 60.3 Å². The van der Waals surface area contributed by atoms with E-state index in [9.17, 15) is 9.59 Å². The molecule has 0 atom stereocenters. The summed E-state index contributed by atoms with van der Waals surface area (Å²) in [6.07, 6.45) is 0.852. The van der Waals surface area contributed by atoms with Gasteiger partial charge < -0.3 is 15.1 Å². The second-order valence-corrected chi connectivity index (χ2v) is 7.72. The van der Waals surface area contributed by atoms with Crippen molar-refractivity contribution >= 4 is 23.2 Å². The minimum atomic E-state index is -0.230. The van der Waals surface area contributed by atoms with Crippen molar-refractivity contribution in [3.8, 4) is 0 Å². The molecule has 5 heteroatoms.